The molecule has 2 aromatic heterocycles. The zero-order valence-corrected chi connectivity index (χ0v) is 17.4. The Bertz CT molecular complexity index is 1010. The van der Waals surface area contributed by atoms with Crippen molar-refractivity contribution in [2.24, 2.45) is 0 Å². The zero-order chi connectivity index (χ0) is 20.6. The van der Waals surface area contributed by atoms with Crippen LogP contribution in [0.5, 0.6) is 5.75 Å². The molecule has 0 spiro atoms. The Morgan fingerprint density at radius 1 is 1.31 bits per heavy atom. The van der Waals surface area contributed by atoms with E-state index in [0.29, 0.717) is 29.8 Å². The van der Waals surface area contributed by atoms with Crippen molar-refractivity contribution in [3.8, 4) is 17.1 Å². The lowest BCUT2D eigenvalue weighted by atomic mass is 10.2. The highest BCUT2D eigenvalue weighted by atomic mass is 35.5. The van der Waals surface area contributed by atoms with Crippen LogP contribution in [0.2, 0.25) is 5.15 Å². The van der Waals surface area contributed by atoms with Crippen LogP contribution < -0.4 is 10.1 Å². The topological polar surface area (TPSA) is 81.9 Å². The van der Waals surface area contributed by atoms with Gasteiger partial charge in [0.1, 0.15) is 5.75 Å². The van der Waals surface area contributed by atoms with Crippen molar-refractivity contribution >= 4 is 35.0 Å². The van der Waals surface area contributed by atoms with Gasteiger partial charge in [0.25, 0.3) is 0 Å². The summed E-state index contributed by atoms with van der Waals surface area (Å²) in [7, 11) is 0. The molecule has 1 N–H and O–H groups in total. The number of hydrogen-bond donors (Lipinski definition) is 1. The number of ether oxygens (including phenoxy) is 1. The van der Waals surface area contributed by atoms with E-state index in [2.05, 4.69) is 27.1 Å². The number of thioether (sulfide) groups is 1. The molecule has 0 saturated carbocycles. The van der Waals surface area contributed by atoms with Crippen molar-refractivity contribution in [1.29, 1.82) is 0 Å². The predicted octanol–water partition coefficient (Wildman–Crippen LogP) is 4.31. The van der Waals surface area contributed by atoms with Crippen molar-refractivity contribution in [2.75, 3.05) is 17.7 Å². The van der Waals surface area contributed by atoms with E-state index in [4.69, 9.17) is 16.3 Å². The number of amides is 1. The fourth-order valence-corrected chi connectivity index (χ4v) is 3.53. The van der Waals surface area contributed by atoms with Gasteiger partial charge in [-0.15, -0.1) is 16.8 Å². The van der Waals surface area contributed by atoms with Crippen molar-refractivity contribution in [2.45, 2.75) is 18.6 Å². The first-order chi connectivity index (χ1) is 14.1. The third-order valence-electron chi connectivity index (χ3n) is 3.82. The Hall–Kier alpha value is -2.84. The molecule has 9 heteroatoms. The highest BCUT2D eigenvalue weighted by molar-refractivity contribution is 7.99. The lowest BCUT2D eigenvalue weighted by Crippen LogP contribution is -2.15. The summed E-state index contributed by atoms with van der Waals surface area (Å²) in [5.41, 5.74) is 1.31. The summed E-state index contributed by atoms with van der Waals surface area (Å²) < 4.78 is 7.62. The number of para-hydroxylation sites is 1. The minimum atomic E-state index is -0.214. The van der Waals surface area contributed by atoms with Crippen LogP contribution in [-0.2, 0) is 11.3 Å². The number of benzene rings is 1. The third kappa shape index (κ3) is 5.16. The van der Waals surface area contributed by atoms with Crippen LogP contribution in [0.1, 0.15) is 6.92 Å². The van der Waals surface area contributed by atoms with Crippen LogP contribution in [-0.4, -0.2) is 38.0 Å². The fourth-order valence-electron chi connectivity index (χ4n) is 2.62. The minimum absolute atomic E-state index is 0.146. The van der Waals surface area contributed by atoms with Crippen LogP contribution >= 0.6 is 23.4 Å². The van der Waals surface area contributed by atoms with Gasteiger partial charge in [-0.3, -0.25) is 9.36 Å². The molecule has 0 radical (unpaired) electrons. The number of nitrogens with one attached hydrogen (secondary N) is 1. The number of aromatic nitrogens is 4. The predicted molar refractivity (Wildman–Crippen MR) is 115 cm³/mol. The van der Waals surface area contributed by atoms with Gasteiger partial charge in [0.05, 0.1) is 23.6 Å². The summed E-state index contributed by atoms with van der Waals surface area (Å²) in [6.07, 6.45) is 3.32. The summed E-state index contributed by atoms with van der Waals surface area (Å²) in [5, 5.41) is 12.2. The molecule has 0 fully saturated rings. The van der Waals surface area contributed by atoms with Crippen LogP contribution in [0.15, 0.2) is 60.4 Å². The Kier molecular flexibility index (Phi) is 7.26. The first-order valence-corrected chi connectivity index (χ1v) is 10.3. The SMILES string of the molecule is C=CCn1c(SCC(=O)Nc2cccnc2Cl)nnc1-c1ccccc1OCC. The van der Waals surface area contributed by atoms with Gasteiger partial charge in [-0.05, 0) is 31.2 Å². The Balaban J connectivity index is 1.78. The van der Waals surface area contributed by atoms with E-state index in [9.17, 15) is 4.79 Å². The second kappa shape index (κ2) is 10.1. The van der Waals surface area contributed by atoms with Gasteiger partial charge in [0, 0.05) is 12.7 Å². The van der Waals surface area contributed by atoms with Crippen molar-refractivity contribution < 1.29 is 9.53 Å². The summed E-state index contributed by atoms with van der Waals surface area (Å²) in [4.78, 5) is 16.3. The van der Waals surface area contributed by atoms with Gasteiger partial charge >= 0.3 is 0 Å². The van der Waals surface area contributed by atoms with Crippen LogP contribution in [0.4, 0.5) is 5.69 Å². The van der Waals surface area contributed by atoms with E-state index < -0.39 is 0 Å². The molecule has 29 heavy (non-hydrogen) atoms. The second-order valence-electron chi connectivity index (χ2n) is 5.81. The number of carbonyl (C=O) groups excluding carboxylic acids is 1. The van der Waals surface area contributed by atoms with E-state index in [1.165, 1.54) is 11.8 Å². The first kappa shape index (κ1) is 20.9. The van der Waals surface area contributed by atoms with Gasteiger partial charge in [0.2, 0.25) is 5.91 Å². The van der Waals surface area contributed by atoms with Gasteiger partial charge in [-0.25, -0.2) is 4.98 Å². The summed E-state index contributed by atoms with van der Waals surface area (Å²) >= 11 is 7.26. The van der Waals surface area contributed by atoms with Gasteiger partial charge < -0.3 is 10.1 Å². The molecule has 0 bridgehead atoms. The van der Waals surface area contributed by atoms with Crippen molar-refractivity contribution in [3.05, 3.63) is 60.4 Å². The number of hydrogen-bond acceptors (Lipinski definition) is 6. The molecule has 2 heterocycles. The maximum absolute atomic E-state index is 12.3. The lowest BCUT2D eigenvalue weighted by Gasteiger charge is -2.11. The van der Waals surface area contributed by atoms with E-state index >= 15 is 0 Å². The third-order valence-corrected chi connectivity index (χ3v) is 5.09. The minimum Gasteiger partial charge on any atom is -0.493 e. The molecule has 0 atom stereocenters. The fraction of sp³-hybridized carbons (Fsp3) is 0.200. The number of nitrogens with zero attached hydrogens (tertiary/aromatic N) is 4. The van der Waals surface area contributed by atoms with Crippen LogP contribution in [0.3, 0.4) is 0 Å². The molecule has 0 saturated heterocycles. The molecule has 0 aliphatic heterocycles. The number of allylic oxidation sites excluding steroid dienone is 1. The first-order valence-electron chi connectivity index (χ1n) is 8.93. The average molecular weight is 430 g/mol. The van der Waals surface area contributed by atoms with E-state index in [1.54, 1.807) is 24.4 Å². The van der Waals surface area contributed by atoms with Crippen LogP contribution in [0, 0.1) is 0 Å². The number of carbonyl (C=O) groups is 1. The second-order valence-corrected chi connectivity index (χ2v) is 7.11. The summed E-state index contributed by atoms with van der Waals surface area (Å²) in [6.45, 7) is 6.79. The van der Waals surface area contributed by atoms with Gasteiger partial charge in [0.15, 0.2) is 16.1 Å². The standard InChI is InChI=1S/C20H20ClN5O2S/c1-3-12-26-19(14-8-5-6-10-16(14)28-4-2)24-25-20(26)29-13-17(27)23-15-9-7-11-22-18(15)21/h3,5-11H,1,4,12-13H2,2H3,(H,23,27). The zero-order valence-electron chi connectivity index (χ0n) is 15.8. The smallest absolute Gasteiger partial charge is 0.234 e. The number of anilines is 1. The van der Waals surface area contributed by atoms with Crippen molar-refractivity contribution in [1.82, 2.24) is 19.7 Å². The Labute approximate surface area is 178 Å². The number of rotatable bonds is 9. The number of halogens is 1. The number of pyridine rings is 1. The van der Waals surface area contributed by atoms with Gasteiger partial charge in [-0.2, -0.15) is 0 Å². The summed E-state index contributed by atoms with van der Waals surface area (Å²) in [6, 6.07) is 11.1. The molecular weight excluding hydrogens is 410 g/mol. The van der Waals surface area contributed by atoms with Crippen LogP contribution in [0.25, 0.3) is 11.4 Å². The highest BCUT2D eigenvalue weighted by Crippen LogP contribution is 2.31. The van der Waals surface area contributed by atoms with E-state index in [1.807, 2.05) is 35.8 Å². The largest absolute Gasteiger partial charge is 0.493 e. The molecule has 3 rings (SSSR count). The molecule has 1 aromatic carbocycles. The lowest BCUT2D eigenvalue weighted by molar-refractivity contribution is -0.113. The molecule has 1 amide bonds. The molecule has 150 valence electrons. The van der Waals surface area contributed by atoms with Crippen molar-refractivity contribution in [3.63, 3.8) is 0 Å². The summed E-state index contributed by atoms with van der Waals surface area (Å²) in [5.74, 6) is 1.32. The monoisotopic (exact) mass is 429 g/mol. The average Bonchev–Trinajstić information content (AvgIpc) is 3.12. The van der Waals surface area contributed by atoms with Gasteiger partial charge in [-0.1, -0.05) is 41.6 Å². The molecular formula is C20H20ClN5O2S. The maximum atomic E-state index is 12.3. The molecule has 0 unspecified atom stereocenters. The Morgan fingerprint density at radius 3 is 2.90 bits per heavy atom. The molecule has 3 aromatic rings. The van der Waals surface area contributed by atoms with E-state index in [0.717, 1.165) is 11.3 Å². The van der Waals surface area contributed by atoms with E-state index in [-0.39, 0.29) is 16.8 Å². The maximum Gasteiger partial charge on any atom is 0.234 e. The molecule has 0 aliphatic carbocycles. The Morgan fingerprint density at radius 2 is 2.14 bits per heavy atom. The quantitative estimate of drug-likeness (QED) is 0.310. The highest BCUT2D eigenvalue weighted by Gasteiger charge is 2.18. The molecule has 7 nitrogen and oxygen atoms in total. The molecule has 0 aliphatic rings. The normalized spacial score (nSPS) is 10.6.